The second-order valence-electron chi connectivity index (χ2n) is 16.1. The van der Waals surface area contributed by atoms with Crippen molar-refractivity contribution < 1.29 is 42.9 Å². The van der Waals surface area contributed by atoms with Crippen molar-refractivity contribution in [1.82, 2.24) is 42.1 Å². The second-order valence-corrected chi connectivity index (χ2v) is 18.2. The first-order chi connectivity index (χ1) is 30.7. The Kier molecular flexibility index (Phi) is 20.5. The summed E-state index contributed by atoms with van der Waals surface area (Å²) >= 11 is 13.9. The van der Waals surface area contributed by atoms with Crippen LogP contribution in [0.2, 0.25) is 10.0 Å². The van der Waals surface area contributed by atoms with E-state index in [0.717, 1.165) is 50.7 Å². The molecule has 1 aliphatic carbocycles. The number of hydrogen-bond donors (Lipinski definition) is 6. The largest absolute Gasteiger partial charge is 0.484 e. The molecule has 5 amide bonds. The van der Waals surface area contributed by atoms with E-state index in [1.165, 1.54) is 0 Å². The highest BCUT2D eigenvalue weighted by Crippen LogP contribution is 2.33. The Morgan fingerprint density at radius 1 is 0.794 bits per heavy atom. The van der Waals surface area contributed by atoms with Gasteiger partial charge in [-0.1, -0.05) is 29.6 Å². The highest BCUT2D eigenvalue weighted by molar-refractivity contribution is 8.00. The van der Waals surface area contributed by atoms with Crippen LogP contribution in [0, 0.1) is 0 Å². The first kappa shape index (κ1) is 48.9. The molecule has 4 fully saturated rings. The maximum absolute atomic E-state index is 13.7. The molecule has 3 saturated heterocycles. The average Bonchev–Trinajstić information content (AvgIpc) is 4.00. The van der Waals surface area contributed by atoms with Gasteiger partial charge in [0.2, 0.25) is 5.91 Å². The molecule has 3 aliphatic heterocycles. The molecule has 4 atom stereocenters. The summed E-state index contributed by atoms with van der Waals surface area (Å²) in [6, 6.07) is 14.1. The molecule has 0 aromatic heterocycles. The van der Waals surface area contributed by atoms with Crippen molar-refractivity contribution >= 4 is 58.7 Å². The Hall–Kier alpha value is -3.59. The van der Waals surface area contributed by atoms with Gasteiger partial charge >= 0.3 is 6.03 Å². The molecule has 0 radical (unpaired) electrons. The van der Waals surface area contributed by atoms with Crippen molar-refractivity contribution in [1.29, 1.82) is 0 Å². The van der Waals surface area contributed by atoms with Gasteiger partial charge in [0.1, 0.15) is 11.5 Å². The van der Waals surface area contributed by atoms with Crippen molar-refractivity contribution in [3.63, 3.8) is 0 Å². The molecule has 3 heterocycles. The molecule has 348 valence electrons. The summed E-state index contributed by atoms with van der Waals surface area (Å²) in [5, 5.41) is 15.6. The summed E-state index contributed by atoms with van der Waals surface area (Å²) in [5.41, 5.74) is 6.53. The summed E-state index contributed by atoms with van der Waals surface area (Å²) < 4.78 is 28.5. The van der Waals surface area contributed by atoms with Crippen molar-refractivity contribution in [3.05, 3.63) is 58.6 Å². The molecule has 6 rings (SSSR count). The number of benzene rings is 2. The molecule has 63 heavy (non-hydrogen) atoms. The van der Waals surface area contributed by atoms with E-state index in [4.69, 9.17) is 46.9 Å². The zero-order chi connectivity index (χ0) is 44.2. The minimum Gasteiger partial charge on any atom is -0.484 e. The number of rotatable bonds is 27. The Morgan fingerprint density at radius 3 is 2.14 bits per heavy atom. The lowest BCUT2D eigenvalue weighted by Crippen LogP contribution is -2.52. The van der Waals surface area contributed by atoms with Crippen molar-refractivity contribution in [2.45, 2.75) is 86.8 Å². The van der Waals surface area contributed by atoms with Gasteiger partial charge in [-0.25, -0.2) is 15.2 Å². The number of ether oxygens (including phenoxy) is 5. The summed E-state index contributed by atoms with van der Waals surface area (Å²) in [4.78, 5) is 52.0. The number of halogens is 2. The van der Waals surface area contributed by atoms with Gasteiger partial charge < -0.3 is 49.9 Å². The number of nitrogens with zero attached hydrogens (tertiary/aromatic N) is 2. The van der Waals surface area contributed by atoms with Crippen LogP contribution in [0.4, 0.5) is 4.79 Å². The first-order valence-electron chi connectivity index (χ1n) is 22.0. The van der Waals surface area contributed by atoms with Crippen LogP contribution < -0.4 is 41.7 Å². The number of urea groups is 1. The summed E-state index contributed by atoms with van der Waals surface area (Å²) in [6.45, 7) is 4.72. The molecule has 0 bridgehead atoms. The topological polar surface area (TPSA) is 193 Å². The number of hydrogen-bond acceptors (Lipinski definition) is 13. The number of unbranched alkanes of at least 4 members (excludes halogenated alkanes) is 1. The highest BCUT2D eigenvalue weighted by Gasteiger charge is 2.42. The van der Waals surface area contributed by atoms with Crippen LogP contribution in [0.15, 0.2) is 48.5 Å². The van der Waals surface area contributed by atoms with E-state index >= 15 is 0 Å². The normalized spacial score (nSPS) is 23.1. The van der Waals surface area contributed by atoms with Gasteiger partial charge in [-0.05, 0) is 87.1 Å². The van der Waals surface area contributed by atoms with Crippen LogP contribution in [-0.4, -0.2) is 154 Å². The van der Waals surface area contributed by atoms with Crippen LogP contribution in [0.1, 0.15) is 51.4 Å². The maximum atomic E-state index is 13.7. The molecule has 20 heteroatoms. The van der Waals surface area contributed by atoms with Gasteiger partial charge in [0, 0.05) is 65.7 Å². The average molecular weight is 938 g/mol. The number of thioether (sulfide) groups is 1. The Morgan fingerprint density at radius 2 is 1.44 bits per heavy atom. The predicted octanol–water partition coefficient (Wildman–Crippen LogP) is 3.29. The van der Waals surface area contributed by atoms with Crippen molar-refractivity contribution in [2.75, 3.05) is 84.8 Å². The van der Waals surface area contributed by atoms with Crippen LogP contribution in [0.3, 0.4) is 0 Å². The minimum atomic E-state index is -0.188. The number of carbonyl (C=O) groups is 4. The zero-order valence-electron chi connectivity index (χ0n) is 35.7. The minimum absolute atomic E-state index is 0.00363. The highest BCUT2D eigenvalue weighted by atomic mass is 35.5. The lowest BCUT2D eigenvalue weighted by molar-refractivity contribution is -0.137. The zero-order valence-corrected chi connectivity index (χ0v) is 38.0. The molecule has 2 aromatic rings. The second kappa shape index (κ2) is 26.4. The molecule has 1 saturated carbocycles. The molecule has 3 unspecified atom stereocenters. The van der Waals surface area contributed by atoms with E-state index in [9.17, 15) is 19.2 Å². The van der Waals surface area contributed by atoms with Gasteiger partial charge in [-0.2, -0.15) is 17.3 Å². The number of carbonyl (C=O) groups excluding carboxylic acids is 4. The van der Waals surface area contributed by atoms with E-state index in [1.807, 2.05) is 21.7 Å². The summed E-state index contributed by atoms with van der Waals surface area (Å²) in [7, 11) is 0. The Labute approximate surface area is 383 Å². The summed E-state index contributed by atoms with van der Waals surface area (Å²) in [6.07, 6.45) is 6.22. The third-order valence-corrected chi connectivity index (χ3v) is 13.4. The number of hydrazine groups is 2. The smallest absolute Gasteiger partial charge is 0.315 e. The lowest BCUT2D eigenvalue weighted by atomic mass is 9.89. The third-order valence-electron chi connectivity index (χ3n) is 11.4. The lowest BCUT2D eigenvalue weighted by Gasteiger charge is -2.38. The van der Waals surface area contributed by atoms with Crippen molar-refractivity contribution in [2.24, 2.45) is 0 Å². The van der Waals surface area contributed by atoms with Crippen LogP contribution in [0.5, 0.6) is 11.5 Å². The van der Waals surface area contributed by atoms with Gasteiger partial charge in [-0.3, -0.25) is 14.4 Å². The van der Waals surface area contributed by atoms with Gasteiger partial charge in [0.25, 0.3) is 11.8 Å². The van der Waals surface area contributed by atoms with E-state index < -0.39 is 0 Å². The maximum Gasteiger partial charge on any atom is 0.315 e. The molecule has 17 nitrogen and oxygen atoms in total. The van der Waals surface area contributed by atoms with E-state index in [0.29, 0.717) is 99.0 Å². The molecule has 6 N–H and O–H groups in total. The number of nitrogens with one attached hydrogen (secondary N) is 6. The Bertz CT molecular complexity index is 1730. The molecule has 2 aromatic carbocycles. The van der Waals surface area contributed by atoms with Gasteiger partial charge in [0.05, 0.1) is 57.8 Å². The molecule has 0 spiro atoms. The number of fused-ring (bicyclic) bond motifs is 1. The first-order valence-corrected chi connectivity index (χ1v) is 23.8. The fourth-order valence-electron chi connectivity index (χ4n) is 8.06. The van der Waals surface area contributed by atoms with E-state index in [2.05, 4.69) is 32.2 Å². The van der Waals surface area contributed by atoms with E-state index in [1.54, 1.807) is 48.5 Å². The quantitative estimate of drug-likeness (QED) is 0.0566. The van der Waals surface area contributed by atoms with Crippen LogP contribution in [0.25, 0.3) is 0 Å². The fraction of sp³-hybridized carbons (Fsp3) is 0.628. The number of amides is 5. The Balaban J connectivity index is 0.790. The fourth-order valence-corrected chi connectivity index (χ4v) is 9.86. The van der Waals surface area contributed by atoms with Crippen LogP contribution >= 0.6 is 35.0 Å². The molecule has 4 aliphatic rings. The van der Waals surface area contributed by atoms with E-state index in [-0.39, 0.29) is 67.2 Å². The predicted molar refractivity (Wildman–Crippen MR) is 241 cm³/mol. The molecular weight excluding hydrogens is 875 g/mol. The van der Waals surface area contributed by atoms with Crippen molar-refractivity contribution in [3.8, 4) is 11.5 Å². The third kappa shape index (κ3) is 17.0. The summed E-state index contributed by atoms with van der Waals surface area (Å²) in [5.74, 6) is 1.82. The van der Waals surface area contributed by atoms with Gasteiger partial charge in [-0.15, -0.1) is 0 Å². The SMILES string of the molecule is O=C(CCCC[C@@H]1SCC2NC(=O)NC21)NCCOCCOCCOCCN1CC(CN(C(=O)COc2ccc(Cl)cc2)[C@H]2CC[C@H](NC(=O)COc3ccc(Cl)cc3)CC2)NN1. The van der Waals surface area contributed by atoms with Gasteiger partial charge in [0.15, 0.2) is 13.2 Å². The molecular formula is C43H62Cl2N8O9S. The standard InChI is InChI=1S/C43H62Cl2N8O9S/c44-30-5-13-35(14-6-30)61-27-40(55)47-32-9-11-34(12-10-32)53(41(56)28-62-36-15-7-31(45)8-16-36)26-33-25-52(51-50-33)18-20-59-22-24-60-23-21-58-19-17-46-39(54)4-2-1-3-38-42-37(29-63-38)48-43(57)49-42/h5-8,13-16,32-34,37-38,42,50-51H,1-4,9-12,17-29H2,(H,46,54)(H,47,55)(H2,48,49,57)/t32-,33?,34-,37?,38-,42?/m0/s1. The monoisotopic (exact) mass is 936 g/mol. The van der Waals surface area contributed by atoms with Crippen LogP contribution in [-0.2, 0) is 28.6 Å².